The maximum absolute atomic E-state index is 2.59. The van der Waals surface area contributed by atoms with Gasteiger partial charge in [0.1, 0.15) is 0 Å². The number of anilines is 3. The molecule has 0 radical (unpaired) electrons. The number of unbranched alkanes of at least 4 members (excludes halogenated alkanes) is 10. The van der Waals surface area contributed by atoms with Crippen LogP contribution in [0.3, 0.4) is 0 Å². The van der Waals surface area contributed by atoms with E-state index in [9.17, 15) is 0 Å². The molecule has 0 fully saturated rings. The van der Waals surface area contributed by atoms with Gasteiger partial charge in [-0.3, -0.25) is 0 Å². The number of fused-ring (bicyclic) bond motifs is 3. The molecule has 0 saturated heterocycles. The van der Waals surface area contributed by atoms with Gasteiger partial charge < -0.3 is 4.90 Å². The standard InChI is InChI=1S/C49H59N/c1-5-7-9-11-13-18-34-49(35-19-14-12-10-8-6-2)47-36-39(4)24-32-45(47)46-33-27-41(37-48(46)49)40-25-30-44(31-26-40)50(42-20-16-15-17-21-42)43-28-22-38(3)23-29-43/h15-17,20-33,36-37H,5-14,18-19,34-35H2,1-4H3. The maximum atomic E-state index is 2.59. The van der Waals surface area contributed by atoms with Crippen LogP contribution in [0.1, 0.15) is 126 Å². The summed E-state index contributed by atoms with van der Waals surface area (Å²) in [6.45, 7) is 9.07. The highest BCUT2D eigenvalue weighted by atomic mass is 15.1. The van der Waals surface area contributed by atoms with Gasteiger partial charge in [-0.15, -0.1) is 0 Å². The second-order valence-corrected chi connectivity index (χ2v) is 15.0. The van der Waals surface area contributed by atoms with E-state index in [-0.39, 0.29) is 5.41 Å². The number of rotatable bonds is 18. The van der Waals surface area contributed by atoms with E-state index < -0.39 is 0 Å². The summed E-state index contributed by atoms with van der Waals surface area (Å²) in [4.78, 5) is 2.36. The van der Waals surface area contributed by atoms with Gasteiger partial charge in [0.25, 0.3) is 0 Å². The van der Waals surface area contributed by atoms with Gasteiger partial charge in [-0.2, -0.15) is 0 Å². The Morgan fingerprint density at radius 1 is 0.420 bits per heavy atom. The van der Waals surface area contributed by atoms with E-state index in [0.717, 1.165) is 0 Å². The molecule has 1 aliphatic rings. The lowest BCUT2D eigenvalue weighted by atomic mass is 9.70. The minimum atomic E-state index is 0.0949. The molecule has 0 spiro atoms. The lowest BCUT2D eigenvalue weighted by Gasteiger charge is -2.33. The summed E-state index contributed by atoms with van der Waals surface area (Å²) in [5, 5.41) is 0. The Morgan fingerprint density at radius 2 is 0.880 bits per heavy atom. The van der Waals surface area contributed by atoms with Crippen LogP contribution in [0.4, 0.5) is 17.1 Å². The molecule has 50 heavy (non-hydrogen) atoms. The summed E-state index contributed by atoms with van der Waals surface area (Å²) in [5.41, 5.74) is 15.0. The Hall–Kier alpha value is -4.10. The van der Waals surface area contributed by atoms with Crippen LogP contribution >= 0.6 is 0 Å². The zero-order valence-electron chi connectivity index (χ0n) is 31.3. The van der Waals surface area contributed by atoms with Crippen LogP contribution in [0.2, 0.25) is 0 Å². The first-order valence-electron chi connectivity index (χ1n) is 19.8. The number of hydrogen-bond donors (Lipinski definition) is 0. The molecule has 5 aromatic rings. The second-order valence-electron chi connectivity index (χ2n) is 15.0. The number of nitrogens with zero attached hydrogens (tertiary/aromatic N) is 1. The van der Waals surface area contributed by atoms with Gasteiger partial charge in [0.05, 0.1) is 0 Å². The largest absolute Gasteiger partial charge is 0.311 e. The molecule has 0 bridgehead atoms. The zero-order chi connectivity index (χ0) is 34.8. The third-order valence-electron chi connectivity index (χ3n) is 11.2. The summed E-state index contributed by atoms with van der Waals surface area (Å²) >= 11 is 0. The Morgan fingerprint density at radius 3 is 1.48 bits per heavy atom. The molecule has 0 aromatic heterocycles. The average Bonchev–Trinajstić information content (AvgIpc) is 3.40. The zero-order valence-corrected chi connectivity index (χ0v) is 31.3. The molecule has 0 aliphatic heterocycles. The molecule has 1 aliphatic carbocycles. The van der Waals surface area contributed by atoms with E-state index >= 15 is 0 Å². The van der Waals surface area contributed by atoms with Crippen molar-refractivity contribution in [3.63, 3.8) is 0 Å². The highest BCUT2D eigenvalue weighted by Gasteiger charge is 2.42. The SMILES string of the molecule is CCCCCCCCC1(CCCCCCCC)c2cc(C)ccc2-c2ccc(-c3ccc(N(c4ccccc4)c4ccc(C)cc4)cc3)cc21. The average molecular weight is 662 g/mol. The molecule has 6 rings (SSSR count). The maximum Gasteiger partial charge on any atom is 0.0462 e. The van der Waals surface area contributed by atoms with E-state index in [1.807, 2.05) is 0 Å². The third kappa shape index (κ3) is 8.10. The molecule has 0 amide bonds. The summed E-state index contributed by atoms with van der Waals surface area (Å²) in [7, 11) is 0. The molecule has 0 atom stereocenters. The molecule has 260 valence electrons. The van der Waals surface area contributed by atoms with Crippen LogP contribution in [0.5, 0.6) is 0 Å². The molecule has 1 nitrogen and oxygen atoms in total. The predicted octanol–water partition coefficient (Wildman–Crippen LogP) is 15.2. The number of para-hydroxylation sites is 1. The van der Waals surface area contributed by atoms with Crippen molar-refractivity contribution in [2.75, 3.05) is 4.90 Å². The number of benzene rings is 5. The van der Waals surface area contributed by atoms with Crippen molar-refractivity contribution in [3.8, 4) is 22.3 Å². The Balaban J connectivity index is 1.34. The van der Waals surface area contributed by atoms with Crippen molar-refractivity contribution in [2.45, 2.75) is 123 Å². The van der Waals surface area contributed by atoms with Gasteiger partial charge in [-0.05, 0) is 103 Å². The number of aryl methyl sites for hydroxylation is 2. The fraction of sp³-hybridized carbons (Fsp3) is 0.388. The summed E-state index contributed by atoms with van der Waals surface area (Å²) in [6, 6.07) is 43.5. The van der Waals surface area contributed by atoms with Crippen LogP contribution in [0.25, 0.3) is 22.3 Å². The predicted molar refractivity (Wildman–Crippen MR) is 218 cm³/mol. The highest BCUT2D eigenvalue weighted by molar-refractivity contribution is 5.85. The van der Waals surface area contributed by atoms with E-state index in [4.69, 9.17) is 0 Å². The summed E-state index contributed by atoms with van der Waals surface area (Å²) in [5.74, 6) is 0. The monoisotopic (exact) mass is 661 g/mol. The second kappa shape index (κ2) is 17.2. The fourth-order valence-electron chi connectivity index (χ4n) is 8.39. The first-order valence-corrected chi connectivity index (χ1v) is 19.8. The molecule has 5 aromatic carbocycles. The lowest BCUT2D eigenvalue weighted by Crippen LogP contribution is -2.25. The van der Waals surface area contributed by atoms with Crippen molar-refractivity contribution in [2.24, 2.45) is 0 Å². The molecule has 1 heteroatoms. The Bertz CT molecular complexity index is 1760. The number of hydrogen-bond acceptors (Lipinski definition) is 1. The summed E-state index contributed by atoms with van der Waals surface area (Å²) in [6.07, 6.45) is 18.6. The van der Waals surface area contributed by atoms with Gasteiger partial charge in [-0.25, -0.2) is 0 Å². The van der Waals surface area contributed by atoms with Crippen LogP contribution in [-0.4, -0.2) is 0 Å². The summed E-state index contributed by atoms with van der Waals surface area (Å²) < 4.78 is 0. The van der Waals surface area contributed by atoms with E-state index in [0.29, 0.717) is 0 Å². The van der Waals surface area contributed by atoms with Crippen LogP contribution in [0.15, 0.2) is 115 Å². The quantitative estimate of drug-likeness (QED) is 0.0845. The van der Waals surface area contributed by atoms with Crippen molar-refractivity contribution >= 4 is 17.1 Å². The van der Waals surface area contributed by atoms with Crippen LogP contribution in [-0.2, 0) is 5.41 Å². The van der Waals surface area contributed by atoms with Crippen molar-refractivity contribution < 1.29 is 0 Å². The van der Waals surface area contributed by atoms with E-state index in [2.05, 4.69) is 148 Å². The van der Waals surface area contributed by atoms with Crippen molar-refractivity contribution in [1.29, 1.82) is 0 Å². The van der Waals surface area contributed by atoms with Gasteiger partial charge in [0.15, 0.2) is 0 Å². The van der Waals surface area contributed by atoms with E-state index in [1.165, 1.54) is 140 Å². The first kappa shape index (κ1) is 35.7. The normalized spacial score (nSPS) is 12.9. The molecule has 0 N–H and O–H groups in total. The highest BCUT2D eigenvalue weighted by Crippen LogP contribution is 2.55. The Kier molecular flexibility index (Phi) is 12.3. The minimum Gasteiger partial charge on any atom is -0.311 e. The molecular weight excluding hydrogens is 603 g/mol. The van der Waals surface area contributed by atoms with Crippen molar-refractivity contribution in [3.05, 3.63) is 138 Å². The van der Waals surface area contributed by atoms with Crippen LogP contribution in [0, 0.1) is 13.8 Å². The van der Waals surface area contributed by atoms with Crippen molar-refractivity contribution in [1.82, 2.24) is 0 Å². The topological polar surface area (TPSA) is 3.24 Å². The molecule has 0 unspecified atom stereocenters. The van der Waals surface area contributed by atoms with Gasteiger partial charge in [0.2, 0.25) is 0 Å². The van der Waals surface area contributed by atoms with Gasteiger partial charge in [-0.1, -0.05) is 175 Å². The van der Waals surface area contributed by atoms with Crippen LogP contribution < -0.4 is 4.90 Å². The molecular formula is C49H59N. The third-order valence-corrected chi connectivity index (χ3v) is 11.2. The smallest absolute Gasteiger partial charge is 0.0462 e. The minimum absolute atomic E-state index is 0.0949. The first-order chi connectivity index (χ1) is 24.5. The van der Waals surface area contributed by atoms with Gasteiger partial charge >= 0.3 is 0 Å². The molecule has 0 heterocycles. The lowest BCUT2D eigenvalue weighted by molar-refractivity contribution is 0.398. The Labute approximate surface area is 303 Å². The fourth-order valence-corrected chi connectivity index (χ4v) is 8.39. The van der Waals surface area contributed by atoms with Gasteiger partial charge in [0, 0.05) is 22.5 Å². The van der Waals surface area contributed by atoms with E-state index in [1.54, 1.807) is 11.1 Å². The molecule has 0 saturated carbocycles.